The minimum absolute atomic E-state index is 0. The van der Waals surface area contributed by atoms with E-state index in [-0.39, 0.29) is 39.5 Å². The van der Waals surface area contributed by atoms with Crippen molar-refractivity contribution < 1.29 is 44.2 Å². The minimum atomic E-state index is -1.24. The number of carbonyl (C=O) groups is 1. The Hall–Kier alpha value is 0.310. The third kappa shape index (κ3) is 3.66. The van der Waals surface area contributed by atoms with Crippen LogP contribution in [0.15, 0.2) is 5.38 Å². The third-order valence-corrected chi connectivity index (χ3v) is 4.36. The predicted molar refractivity (Wildman–Crippen MR) is 67.5 cm³/mol. The number of halogens is 1. The topological polar surface area (TPSA) is 52.6 Å². The van der Waals surface area contributed by atoms with Crippen molar-refractivity contribution in [1.82, 2.24) is 4.90 Å². The Morgan fingerprint density at radius 1 is 1.67 bits per heavy atom. The van der Waals surface area contributed by atoms with Crippen LogP contribution in [0.4, 0.5) is 0 Å². The van der Waals surface area contributed by atoms with E-state index in [0.29, 0.717) is 31.3 Å². The van der Waals surface area contributed by atoms with E-state index in [1.807, 2.05) is 4.90 Å². The van der Waals surface area contributed by atoms with E-state index in [9.17, 15) is 9.90 Å². The average molecular weight is 314 g/mol. The first kappa shape index (κ1) is 16.4. The molecule has 92 valence electrons. The van der Waals surface area contributed by atoms with Crippen LogP contribution in [0.25, 0.3) is 0 Å². The van der Waals surface area contributed by atoms with E-state index in [1.54, 1.807) is 5.38 Å². The second-order valence-electron chi connectivity index (χ2n) is 3.56. The molecule has 1 aliphatic heterocycles. The zero-order valence-corrected chi connectivity index (χ0v) is 14.2. The van der Waals surface area contributed by atoms with Gasteiger partial charge in [0.05, 0.1) is 29.1 Å². The SMILES string of the molecule is O=C([O-])c1scc(CN2CCOCC2=S)c1Cl.[Na+]. The number of aromatic carboxylic acids is 1. The molecule has 1 aliphatic rings. The van der Waals surface area contributed by atoms with Gasteiger partial charge in [0.2, 0.25) is 0 Å². The number of thiophene rings is 1. The van der Waals surface area contributed by atoms with Gasteiger partial charge < -0.3 is 19.5 Å². The van der Waals surface area contributed by atoms with Crippen LogP contribution in [0.2, 0.25) is 5.02 Å². The van der Waals surface area contributed by atoms with Crippen molar-refractivity contribution >= 4 is 46.1 Å². The zero-order chi connectivity index (χ0) is 12.4. The van der Waals surface area contributed by atoms with Crippen LogP contribution in [-0.4, -0.2) is 35.6 Å². The Morgan fingerprint density at radius 3 is 2.94 bits per heavy atom. The first-order valence-corrected chi connectivity index (χ1v) is 6.59. The molecule has 0 N–H and O–H groups in total. The van der Waals surface area contributed by atoms with E-state index in [1.165, 1.54) is 0 Å². The van der Waals surface area contributed by atoms with Gasteiger partial charge in [-0.15, -0.1) is 11.3 Å². The zero-order valence-electron chi connectivity index (χ0n) is 9.77. The Morgan fingerprint density at radius 2 is 2.39 bits per heavy atom. The van der Waals surface area contributed by atoms with Crippen LogP contribution in [-0.2, 0) is 11.3 Å². The molecule has 1 aromatic rings. The standard InChI is InChI=1S/C10H10ClNO3S2.Na/c11-8-6(5-17-9(8)10(13)14)3-12-1-2-15-4-7(12)16;/h5H,1-4H2,(H,13,14);/q;+1/p-1. The van der Waals surface area contributed by atoms with Gasteiger partial charge in [-0.1, -0.05) is 23.8 Å². The van der Waals surface area contributed by atoms with E-state index < -0.39 is 5.97 Å². The maximum absolute atomic E-state index is 10.7. The summed E-state index contributed by atoms with van der Waals surface area (Å²) in [5.41, 5.74) is 0.764. The van der Waals surface area contributed by atoms with Gasteiger partial charge in [-0.05, 0) is 5.38 Å². The fraction of sp³-hybridized carbons (Fsp3) is 0.400. The Kier molecular flexibility index (Phi) is 6.54. The fourth-order valence-corrected chi connectivity index (χ4v) is 2.96. The van der Waals surface area contributed by atoms with Crippen LogP contribution in [0, 0.1) is 0 Å². The van der Waals surface area contributed by atoms with Crippen molar-refractivity contribution in [3.8, 4) is 0 Å². The van der Waals surface area contributed by atoms with Crippen molar-refractivity contribution in [1.29, 1.82) is 0 Å². The summed E-state index contributed by atoms with van der Waals surface area (Å²) in [6, 6.07) is 0. The molecule has 0 saturated carbocycles. The molecule has 0 unspecified atom stereocenters. The van der Waals surface area contributed by atoms with Crippen molar-refractivity contribution in [3.63, 3.8) is 0 Å². The average Bonchev–Trinajstić information content (AvgIpc) is 2.64. The summed E-state index contributed by atoms with van der Waals surface area (Å²) < 4.78 is 5.21. The number of carbonyl (C=O) groups excluding carboxylic acids is 1. The second-order valence-corrected chi connectivity index (χ2v) is 5.29. The maximum atomic E-state index is 10.7. The van der Waals surface area contributed by atoms with Crippen LogP contribution in [0.1, 0.15) is 15.2 Å². The molecule has 8 heteroatoms. The Labute approximate surface area is 141 Å². The summed E-state index contributed by atoms with van der Waals surface area (Å²) in [5.74, 6) is -1.24. The van der Waals surface area contributed by atoms with Gasteiger partial charge in [-0.3, -0.25) is 0 Å². The summed E-state index contributed by atoms with van der Waals surface area (Å²) in [6.45, 7) is 2.27. The monoisotopic (exact) mass is 313 g/mol. The van der Waals surface area contributed by atoms with Gasteiger partial charge in [0.25, 0.3) is 0 Å². The molecular weight excluding hydrogens is 305 g/mol. The van der Waals surface area contributed by atoms with Crippen molar-refractivity contribution in [2.24, 2.45) is 0 Å². The summed E-state index contributed by atoms with van der Waals surface area (Å²) >= 11 is 12.2. The quantitative estimate of drug-likeness (QED) is 0.474. The summed E-state index contributed by atoms with van der Waals surface area (Å²) in [7, 11) is 0. The molecule has 1 fully saturated rings. The maximum Gasteiger partial charge on any atom is 1.00 e. The van der Waals surface area contributed by atoms with Crippen molar-refractivity contribution in [2.75, 3.05) is 19.8 Å². The molecule has 0 aromatic carbocycles. The number of carboxylic acid groups (broad SMARTS) is 1. The summed E-state index contributed by atoms with van der Waals surface area (Å²) in [4.78, 5) is 13.5. The van der Waals surface area contributed by atoms with Gasteiger partial charge in [-0.2, -0.15) is 0 Å². The number of thiocarbonyl (C=S) groups is 1. The molecule has 0 aliphatic carbocycles. The number of nitrogens with zero attached hydrogens (tertiary/aromatic N) is 1. The van der Waals surface area contributed by atoms with E-state index in [2.05, 4.69) is 0 Å². The van der Waals surface area contributed by atoms with Gasteiger partial charge in [-0.25, -0.2) is 0 Å². The third-order valence-electron chi connectivity index (χ3n) is 2.43. The second kappa shape index (κ2) is 7.19. The molecule has 2 rings (SSSR count). The molecular formula is C10H9ClNNaO3S2. The van der Waals surface area contributed by atoms with Gasteiger partial charge in [0.15, 0.2) is 0 Å². The number of morpholine rings is 1. The Balaban J connectivity index is 0.00000162. The molecule has 18 heavy (non-hydrogen) atoms. The molecule has 0 amide bonds. The van der Waals surface area contributed by atoms with Crippen LogP contribution in [0.5, 0.6) is 0 Å². The summed E-state index contributed by atoms with van der Waals surface area (Å²) in [6.07, 6.45) is 0. The number of rotatable bonds is 3. The van der Waals surface area contributed by atoms with Gasteiger partial charge in [0.1, 0.15) is 4.99 Å². The van der Waals surface area contributed by atoms with Crippen molar-refractivity contribution in [3.05, 3.63) is 20.8 Å². The molecule has 4 nitrogen and oxygen atoms in total. The first-order chi connectivity index (χ1) is 8.09. The minimum Gasteiger partial charge on any atom is -0.544 e. The normalized spacial score (nSPS) is 15.4. The summed E-state index contributed by atoms with van der Waals surface area (Å²) in [5, 5.41) is 12.7. The van der Waals surface area contributed by atoms with Crippen LogP contribution >= 0.6 is 35.2 Å². The predicted octanol–water partition coefficient (Wildman–Crippen LogP) is -2.07. The molecule has 0 atom stereocenters. The molecule has 2 heterocycles. The molecule has 1 saturated heterocycles. The first-order valence-electron chi connectivity index (χ1n) is 4.92. The van der Waals surface area contributed by atoms with Gasteiger partial charge >= 0.3 is 29.6 Å². The molecule has 0 bridgehead atoms. The van der Waals surface area contributed by atoms with Crippen molar-refractivity contribution in [2.45, 2.75) is 6.54 Å². The van der Waals surface area contributed by atoms with E-state index >= 15 is 0 Å². The van der Waals surface area contributed by atoms with Gasteiger partial charge in [0, 0.05) is 18.7 Å². The molecule has 1 aromatic heterocycles. The van der Waals surface area contributed by atoms with Crippen LogP contribution < -0.4 is 34.7 Å². The van der Waals surface area contributed by atoms with Crippen LogP contribution in [0.3, 0.4) is 0 Å². The number of hydrogen-bond acceptors (Lipinski definition) is 5. The van der Waals surface area contributed by atoms with E-state index in [0.717, 1.165) is 16.9 Å². The molecule has 0 radical (unpaired) electrons. The Bertz CT molecular complexity index is 466. The number of ether oxygens (including phenoxy) is 1. The number of carboxylic acids is 1. The number of hydrogen-bond donors (Lipinski definition) is 0. The smallest absolute Gasteiger partial charge is 0.544 e. The largest absolute Gasteiger partial charge is 1.00 e. The molecule has 0 spiro atoms. The fourth-order valence-electron chi connectivity index (χ4n) is 1.55. The van der Waals surface area contributed by atoms with E-state index in [4.69, 9.17) is 28.6 Å².